The van der Waals surface area contributed by atoms with Crippen molar-refractivity contribution in [3.63, 3.8) is 0 Å². The second kappa shape index (κ2) is 4.58. The van der Waals surface area contributed by atoms with E-state index in [0.29, 0.717) is 23.1 Å². The van der Waals surface area contributed by atoms with Crippen molar-refractivity contribution in [2.75, 3.05) is 12.3 Å². The topological polar surface area (TPSA) is 78.4 Å². The third-order valence-corrected chi connectivity index (χ3v) is 3.39. The molecule has 0 saturated heterocycles. The predicted octanol–water partition coefficient (Wildman–Crippen LogP) is 2.47. The van der Waals surface area contributed by atoms with Gasteiger partial charge < -0.3 is 14.9 Å². The fourth-order valence-electron chi connectivity index (χ4n) is 1.53. The van der Waals surface area contributed by atoms with Crippen molar-refractivity contribution in [1.82, 2.24) is 4.98 Å². The molecule has 0 aliphatic heterocycles. The van der Waals surface area contributed by atoms with Gasteiger partial charge in [-0.1, -0.05) is 0 Å². The van der Waals surface area contributed by atoms with Gasteiger partial charge in [0.05, 0.1) is 23.2 Å². The largest absolute Gasteiger partial charge is 0.462 e. The first-order chi connectivity index (χ1) is 8.15. The molecule has 5 nitrogen and oxygen atoms in total. The lowest BCUT2D eigenvalue weighted by atomic mass is 10.1. The first-order valence-corrected chi connectivity index (χ1v) is 5.92. The molecule has 0 aliphatic rings. The molecule has 90 valence electrons. The highest BCUT2D eigenvalue weighted by Gasteiger charge is 2.22. The monoisotopic (exact) mass is 252 g/mol. The lowest BCUT2D eigenvalue weighted by molar-refractivity contribution is 0.0527. The van der Waals surface area contributed by atoms with Gasteiger partial charge in [-0.25, -0.2) is 9.78 Å². The minimum absolute atomic E-state index is 0.321. The molecule has 0 aliphatic carbocycles. The van der Waals surface area contributed by atoms with Gasteiger partial charge in [-0.15, -0.1) is 11.3 Å². The summed E-state index contributed by atoms with van der Waals surface area (Å²) < 4.78 is 10.2. The molecule has 0 aromatic carbocycles. The fourth-order valence-corrected chi connectivity index (χ4v) is 2.53. The van der Waals surface area contributed by atoms with Crippen LogP contribution in [0, 0.1) is 6.92 Å². The first kappa shape index (κ1) is 11.7. The standard InChI is InChI=1S/C11H12N2O3S/c1-3-15-11(14)7-6(2)8(17-9(7)12)10-13-4-5-16-10/h4-5H,3,12H2,1-2H3. The molecule has 17 heavy (non-hydrogen) atoms. The molecule has 0 bridgehead atoms. The molecule has 2 rings (SSSR count). The zero-order valence-electron chi connectivity index (χ0n) is 9.52. The Kier molecular flexibility index (Phi) is 3.14. The van der Waals surface area contributed by atoms with Gasteiger partial charge in [0.15, 0.2) is 0 Å². The summed E-state index contributed by atoms with van der Waals surface area (Å²) in [7, 11) is 0. The first-order valence-electron chi connectivity index (χ1n) is 5.11. The van der Waals surface area contributed by atoms with Crippen LogP contribution in [0.15, 0.2) is 16.9 Å². The lowest BCUT2D eigenvalue weighted by Crippen LogP contribution is -2.07. The average molecular weight is 252 g/mol. The summed E-state index contributed by atoms with van der Waals surface area (Å²) in [5.74, 6) is 0.0614. The summed E-state index contributed by atoms with van der Waals surface area (Å²) in [5, 5.41) is 0.425. The summed E-state index contributed by atoms with van der Waals surface area (Å²) in [5.41, 5.74) is 6.98. The summed E-state index contributed by atoms with van der Waals surface area (Å²) >= 11 is 1.27. The summed E-state index contributed by atoms with van der Waals surface area (Å²) in [6, 6.07) is 0. The Morgan fingerprint density at radius 2 is 2.41 bits per heavy atom. The van der Waals surface area contributed by atoms with Crippen molar-refractivity contribution in [2.45, 2.75) is 13.8 Å². The summed E-state index contributed by atoms with van der Waals surface area (Å²) in [4.78, 5) is 16.5. The number of hydrogen-bond acceptors (Lipinski definition) is 6. The molecule has 6 heteroatoms. The maximum atomic E-state index is 11.7. The molecule has 2 N–H and O–H groups in total. The van der Waals surface area contributed by atoms with Crippen LogP contribution in [0.2, 0.25) is 0 Å². The molecule has 0 saturated carbocycles. The van der Waals surface area contributed by atoms with Crippen LogP contribution in [0.1, 0.15) is 22.8 Å². The van der Waals surface area contributed by atoms with E-state index in [2.05, 4.69) is 4.98 Å². The maximum absolute atomic E-state index is 11.7. The smallest absolute Gasteiger partial charge is 0.341 e. The van der Waals surface area contributed by atoms with Gasteiger partial charge in [-0.3, -0.25) is 0 Å². The van der Waals surface area contributed by atoms with Crippen molar-refractivity contribution in [2.24, 2.45) is 0 Å². The van der Waals surface area contributed by atoms with E-state index in [1.54, 1.807) is 20.0 Å². The molecule has 2 aromatic rings. The van der Waals surface area contributed by atoms with E-state index in [9.17, 15) is 4.79 Å². The number of oxazole rings is 1. The van der Waals surface area contributed by atoms with Gasteiger partial charge >= 0.3 is 5.97 Å². The highest BCUT2D eigenvalue weighted by Crippen LogP contribution is 2.37. The van der Waals surface area contributed by atoms with Gasteiger partial charge in [0, 0.05) is 0 Å². The highest BCUT2D eigenvalue weighted by molar-refractivity contribution is 7.19. The SMILES string of the molecule is CCOC(=O)c1c(N)sc(-c2ncco2)c1C. The minimum Gasteiger partial charge on any atom is -0.462 e. The van der Waals surface area contributed by atoms with E-state index in [4.69, 9.17) is 14.9 Å². The van der Waals surface area contributed by atoms with Crippen LogP contribution >= 0.6 is 11.3 Å². The van der Waals surface area contributed by atoms with Crippen molar-refractivity contribution in [3.8, 4) is 10.8 Å². The Morgan fingerprint density at radius 1 is 1.65 bits per heavy atom. The third-order valence-electron chi connectivity index (χ3n) is 2.28. The number of nitrogens with two attached hydrogens (primary N) is 1. The molecular formula is C11H12N2O3S. The van der Waals surface area contributed by atoms with Crippen LogP contribution in [0.3, 0.4) is 0 Å². The maximum Gasteiger partial charge on any atom is 0.341 e. The summed E-state index contributed by atoms with van der Waals surface area (Å²) in [6.07, 6.45) is 3.03. The zero-order valence-corrected chi connectivity index (χ0v) is 10.3. The van der Waals surface area contributed by atoms with Crippen LogP contribution in [0.4, 0.5) is 5.00 Å². The highest BCUT2D eigenvalue weighted by atomic mass is 32.1. The van der Waals surface area contributed by atoms with Crippen molar-refractivity contribution < 1.29 is 13.9 Å². The average Bonchev–Trinajstić information content (AvgIpc) is 2.87. The number of carbonyl (C=O) groups excluding carboxylic acids is 1. The van der Waals surface area contributed by atoms with Gasteiger partial charge in [0.2, 0.25) is 5.89 Å². The Morgan fingerprint density at radius 3 is 3.00 bits per heavy atom. The second-order valence-electron chi connectivity index (χ2n) is 3.35. The second-order valence-corrected chi connectivity index (χ2v) is 4.41. The number of nitrogens with zero attached hydrogens (tertiary/aromatic N) is 1. The Balaban J connectivity index is 2.46. The quantitative estimate of drug-likeness (QED) is 0.849. The molecule has 2 heterocycles. The molecular weight excluding hydrogens is 240 g/mol. The zero-order chi connectivity index (χ0) is 12.4. The van der Waals surface area contributed by atoms with Gasteiger partial charge in [-0.05, 0) is 19.4 Å². The minimum atomic E-state index is -0.406. The Hall–Kier alpha value is -1.82. The number of rotatable bonds is 3. The van der Waals surface area contributed by atoms with Crippen molar-refractivity contribution in [1.29, 1.82) is 0 Å². The molecule has 0 spiro atoms. The lowest BCUT2D eigenvalue weighted by Gasteiger charge is -2.01. The predicted molar refractivity (Wildman–Crippen MR) is 64.9 cm³/mol. The van der Waals surface area contributed by atoms with Crippen LogP contribution < -0.4 is 5.73 Å². The van der Waals surface area contributed by atoms with Crippen LogP contribution in [-0.4, -0.2) is 17.6 Å². The van der Waals surface area contributed by atoms with E-state index in [0.717, 1.165) is 10.4 Å². The Bertz CT molecular complexity index is 531. The van der Waals surface area contributed by atoms with Crippen LogP contribution in [0.25, 0.3) is 10.8 Å². The van der Waals surface area contributed by atoms with E-state index in [1.807, 2.05) is 0 Å². The molecule has 0 radical (unpaired) electrons. The van der Waals surface area contributed by atoms with E-state index >= 15 is 0 Å². The summed E-state index contributed by atoms with van der Waals surface area (Å²) in [6.45, 7) is 3.88. The third kappa shape index (κ3) is 2.03. The Labute approximate surface area is 102 Å². The molecule has 0 fully saturated rings. The van der Waals surface area contributed by atoms with Gasteiger partial charge in [0.1, 0.15) is 11.3 Å². The van der Waals surface area contributed by atoms with Gasteiger partial charge in [0.25, 0.3) is 0 Å². The molecule has 0 atom stereocenters. The number of esters is 1. The number of hydrogen-bond donors (Lipinski definition) is 1. The normalized spacial score (nSPS) is 10.5. The van der Waals surface area contributed by atoms with Crippen molar-refractivity contribution in [3.05, 3.63) is 23.6 Å². The fraction of sp³-hybridized carbons (Fsp3) is 0.273. The number of ether oxygens (including phenoxy) is 1. The molecule has 0 unspecified atom stereocenters. The number of anilines is 1. The van der Waals surface area contributed by atoms with E-state index in [-0.39, 0.29) is 0 Å². The number of nitrogen functional groups attached to an aromatic ring is 1. The van der Waals surface area contributed by atoms with E-state index in [1.165, 1.54) is 17.6 Å². The number of aromatic nitrogens is 1. The van der Waals surface area contributed by atoms with Crippen molar-refractivity contribution >= 4 is 22.3 Å². The van der Waals surface area contributed by atoms with Gasteiger partial charge in [-0.2, -0.15) is 0 Å². The van der Waals surface area contributed by atoms with Crippen LogP contribution in [-0.2, 0) is 4.74 Å². The number of thiophene rings is 1. The van der Waals surface area contributed by atoms with E-state index < -0.39 is 5.97 Å². The molecule has 2 aromatic heterocycles. The van der Waals surface area contributed by atoms with Crippen LogP contribution in [0.5, 0.6) is 0 Å². The molecule has 0 amide bonds. The number of carbonyl (C=O) groups is 1.